The summed E-state index contributed by atoms with van der Waals surface area (Å²) in [7, 11) is 0. The van der Waals surface area contributed by atoms with Crippen LogP contribution in [0.15, 0.2) is 18.2 Å². The lowest BCUT2D eigenvalue weighted by Gasteiger charge is -2.10. The Morgan fingerprint density at radius 3 is 2.69 bits per heavy atom. The molecule has 0 aliphatic carbocycles. The van der Waals surface area contributed by atoms with Crippen molar-refractivity contribution in [2.24, 2.45) is 0 Å². The van der Waals surface area contributed by atoms with Gasteiger partial charge in [0, 0.05) is 18.9 Å². The van der Waals surface area contributed by atoms with E-state index in [2.05, 4.69) is 5.32 Å². The van der Waals surface area contributed by atoms with Gasteiger partial charge < -0.3 is 10.4 Å². The van der Waals surface area contributed by atoms with Crippen molar-refractivity contribution in [3.63, 3.8) is 0 Å². The average molecular weight is 242 g/mol. The number of ketones is 1. The number of nitrogens with one attached hydrogen (secondary N) is 1. The topological polar surface area (TPSA) is 66.4 Å². The van der Waals surface area contributed by atoms with Crippen LogP contribution in [-0.2, 0) is 4.79 Å². The second-order valence-corrected chi connectivity index (χ2v) is 3.65. The maximum atomic E-state index is 11.6. The minimum absolute atomic E-state index is 0.00687. The van der Waals surface area contributed by atoms with Gasteiger partial charge in [0.15, 0.2) is 5.78 Å². The summed E-state index contributed by atoms with van der Waals surface area (Å²) < 4.78 is 0. The Kier molecular flexibility index (Phi) is 4.46. The smallest absolute Gasteiger partial charge is 0.221 e. The molecule has 0 aromatic heterocycles. The maximum Gasteiger partial charge on any atom is 0.221 e. The molecule has 1 aromatic carbocycles. The number of aliphatic hydroxyl groups excluding tert-OH is 1. The van der Waals surface area contributed by atoms with E-state index >= 15 is 0 Å². The van der Waals surface area contributed by atoms with Gasteiger partial charge in [0.2, 0.25) is 5.91 Å². The van der Waals surface area contributed by atoms with Gasteiger partial charge in [0.25, 0.3) is 0 Å². The van der Waals surface area contributed by atoms with Crippen molar-refractivity contribution in [2.45, 2.75) is 13.3 Å². The van der Waals surface area contributed by atoms with E-state index in [0.29, 0.717) is 16.3 Å². The molecular weight excluding hydrogens is 230 g/mol. The number of anilines is 1. The van der Waals surface area contributed by atoms with E-state index in [-0.39, 0.29) is 24.7 Å². The molecule has 1 amide bonds. The van der Waals surface area contributed by atoms with Crippen LogP contribution in [0.3, 0.4) is 0 Å². The van der Waals surface area contributed by atoms with Crippen LogP contribution in [0.25, 0.3) is 0 Å². The number of amides is 1. The highest BCUT2D eigenvalue weighted by molar-refractivity contribution is 6.34. The Labute approximate surface area is 98.2 Å². The predicted octanol–water partition coefficient (Wildman–Crippen LogP) is 1.86. The molecule has 2 N–H and O–H groups in total. The van der Waals surface area contributed by atoms with Gasteiger partial charge in [0.05, 0.1) is 17.3 Å². The van der Waals surface area contributed by atoms with E-state index in [9.17, 15) is 9.59 Å². The second kappa shape index (κ2) is 5.63. The Morgan fingerprint density at radius 1 is 1.44 bits per heavy atom. The predicted molar refractivity (Wildman–Crippen MR) is 61.8 cm³/mol. The van der Waals surface area contributed by atoms with E-state index in [1.54, 1.807) is 18.2 Å². The van der Waals surface area contributed by atoms with Crippen LogP contribution in [0.5, 0.6) is 0 Å². The highest BCUT2D eigenvalue weighted by Gasteiger charge is 2.14. The molecule has 1 rings (SSSR count). The van der Waals surface area contributed by atoms with Crippen LogP contribution in [-0.4, -0.2) is 23.4 Å². The highest BCUT2D eigenvalue weighted by Crippen LogP contribution is 2.26. The number of aliphatic hydroxyl groups is 1. The molecule has 0 fully saturated rings. The fourth-order valence-corrected chi connectivity index (χ4v) is 1.52. The van der Waals surface area contributed by atoms with Crippen LogP contribution in [0.1, 0.15) is 23.7 Å². The molecule has 0 spiro atoms. The van der Waals surface area contributed by atoms with E-state index in [1.807, 2.05) is 0 Å². The molecule has 86 valence electrons. The number of hydrogen-bond acceptors (Lipinski definition) is 3. The summed E-state index contributed by atoms with van der Waals surface area (Å²) in [5.41, 5.74) is 0.617. The van der Waals surface area contributed by atoms with Crippen molar-refractivity contribution >= 4 is 29.0 Å². The first-order valence-electron chi connectivity index (χ1n) is 4.76. The van der Waals surface area contributed by atoms with Crippen molar-refractivity contribution in [1.82, 2.24) is 0 Å². The first-order chi connectivity index (χ1) is 7.56. The molecule has 0 saturated carbocycles. The molecule has 16 heavy (non-hydrogen) atoms. The summed E-state index contributed by atoms with van der Waals surface area (Å²) in [4.78, 5) is 22.6. The molecule has 1 aromatic rings. The molecule has 0 radical (unpaired) electrons. The zero-order chi connectivity index (χ0) is 12.1. The highest BCUT2D eigenvalue weighted by atomic mass is 35.5. The maximum absolute atomic E-state index is 11.6. The van der Waals surface area contributed by atoms with Gasteiger partial charge in [-0.2, -0.15) is 0 Å². The fraction of sp³-hybridized carbons (Fsp3) is 0.273. The Balaban J connectivity index is 3.11. The van der Waals surface area contributed by atoms with Crippen LogP contribution in [0.4, 0.5) is 5.69 Å². The monoisotopic (exact) mass is 241 g/mol. The number of halogens is 1. The van der Waals surface area contributed by atoms with Gasteiger partial charge in [-0.1, -0.05) is 17.7 Å². The van der Waals surface area contributed by atoms with E-state index in [1.165, 1.54) is 6.92 Å². The molecule has 0 bridgehead atoms. The van der Waals surface area contributed by atoms with Gasteiger partial charge >= 0.3 is 0 Å². The standard InChI is InChI=1S/C11H12ClNO3/c1-7(15)13-11-8(10(16)5-6-14)3-2-4-9(11)12/h2-4,14H,5-6H2,1H3,(H,13,15). The van der Waals surface area contributed by atoms with E-state index in [0.717, 1.165) is 0 Å². The third kappa shape index (κ3) is 3.05. The lowest BCUT2D eigenvalue weighted by molar-refractivity contribution is -0.114. The van der Waals surface area contributed by atoms with E-state index in [4.69, 9.17) is 16.7 Å². The first kappa shape index (κ1) is 12.7. The van der Waals surface area contributed by atoms with E-state index < -0.39 is 0 Å². The molecule has 4 nitrogen and oxygen atoms in total. The summed E-state index contributed by atoms with van der Waals surface area (Å²) in [5.74, 6) is -0.556. The molecule has 0 unspecified atom stereocenters. The normalized spacial score (nSPS) is 9.94. The molecule has 5 heteroatoms. The Morgan fingerprint density at radius 2 is 2.12 bits per heavy atom. The molecule has 0 saturated heterocycles. The van der Waals surface area contributed by atoms with Crippen molar-refractivity contribution < 1.29 is 14.7 Å². The summed E-state index contributed by atoms with van der Waals surface area (Å²) in [6, 6.07) is 4.77. The molecule has 0 heterocycles. The van der Waals surface area contributed by atoms with Crippen LogP contribution in [0, 0.1) is 0 Å². The van der Waals surface area contributed by atoms with Gasteiger partial charge in [-0.3, -0.25) is 9.59 Å². The Hall–Kier alpha value is -1.39. The average Bonchev–Trinajstić information content (AvgIpc) is 2.20. The minimum Gasteiger partial charge on any atom is -0.396 e. The van der Waals surface area contributed by atoms with Crippen LogP contribution < -0.4 is 5.32 Å². The fourth-order valence-electron chi connectivity index (χ4n) is 1.30. The first-order valence-corrected chi connectivity index (χ1v) is 5.14. The number of rotatable bonds is 4. The van der Waals surface area contributed by atoms with Crippen LogP contribution in [0.2, 0.25) is 5.02 Å². The lowest BCUT2D eigenvalue weighted by Crippen LogP contribution is -2.12. The number of Topliss-reactive ketones (excluding diaryl/α,β-unsaturated/α-hetero) is 1. The van der Waals surface area contributed by atoms with Gasteiger partial charge in [0.1, 0.15) is 0 Å². The summed E-state index contributed by atoms with van der Waals surface area (Å²) in [6.45, 7) is 1.11. The zero-order valence-electron chi connectivity index (χ0n) is 8.79. The SMILES string of the molecule is CC(=O)Nc1c(Cl)cccc1C(=O)CCO. The zero-order valence-corrected chi connectivity index (χ0v) is 9.54. The summed E-state index contributed by atoms with van der Waals surface area (Å²) >= 11 is 5.89. The Bertz CT molecular complexity index is 418. The van der Waals surface area contributed by atoms with Gasteiger partial charge in [-0.25, -0.2) is 0 Å². The number of benzene rings is 1. The molecular formula is C11H12ClNO3. The summed E-state index contributed by atoms with van der Waals surface area (Å²) in [5, 5.41) is 11.5. The number of carbonyl (C=O) groups is 2. The van der Waals surface area contributed by atoms with Crippen molar-refractivity contribution in [3.8, 4) is 0 Å². The number of para-hydroxylation sites is 1. The summed E-state index contributed by atoms with van der Waals surface area (Å²) in [6.07, 6.45) is 0.00687. The minimum atomic E-state index is -0.300. The quantitative estimate of drug-likeness (QED) is 0.791. The largest absolute Gasteiger partial charge is 0.396 e. The number of hydrogen-bond donors (Lipinski definition) is 2. The third-order valence-electron chi connectivity index (χ3n) is 1.95. The molecule has 0 aliphatic heterocycles. The van der Waals surface area contributed by atoms with Gasteiger partial charge in [-0.05, 0) is 12.1 Å². The van der Waals surface area contributed by atoms with Crippen molar-refractivity contribution in [1.29, 1.82) is 0 Å². The third-order valence-corrected chi connectivity index (χ3v) is 2.27. The molecule has 0 aliphatic rings. The van der Waals surface area contributed by atoms with Crippen molar-refractivity contribution in [3.05, 3.63) is 28.8 Å². The lowest BCUT2D eigenvalue weighted by atomic mass is 10.1. The van der Waals surface area contributed by atoms with Crippen molar-refractivity contribution in [2.75, 3.05) is 11.9 Å². The van der Waals surface area contributed by atoms with Crippen LogP contribution >= 0.6 is 11.6 Å². The number of carbonyl (C=O) groups excluding carboxylic acids is 2. The molecule has 0 atom stereocenters. The second-order valence-electron chi connectivity index (χ2n) is 3.24. The van der Waals surface area contributed by atoms with Gasteiger partial charge in [-0.15, -0.1) is 0 Å².